The fraction of sp³-hybridized carbons (Fsp3) is 0.226. The van der Waals surface area contributed by atoms with Gasteiger partial charge in [-0.05, 0) is 89.2 Å². The van der Waals surface area contributed by atoms with Crippen LogP contribution in [0.25, 0.3) is 0 Å². The first kappa shape index (κ1) is 25.3. The van der Waals surface area contributed by atoms with Gasteiger partial charge in [-0.3, -0.25) is 0 Å². The Bertz CT molecular complexity index is 1380. The van der Waals surface area contributed by atoms with Crippen molar-refractivity contribution in [3.63, 3.8) is 0 Å². The molecule has 0 radical (unpaired) electrons. The van der Waals surface area contributed by atoms with Crippen LogP contribution in [-0.2, 0) is 13.0 Å². The quantitative estimate of drug-likeness (QED) is 0.215. The maximum atomic E-state index is 5.98. The van der Waals surface area contributed by atoms with Gasteiger partial charge < -0.3 is 23.8 Å². The van der Waals surface area contributed by atoms with Crippen LogP contribution in [0.4, 0.5) is 11.4 Å². The van der Waals surface area contributed by atoms with E-state index in [9.17, 15) is 0 Å². The van der Waals surface area contributed by atoms with Crippen molar-refractivity contribution in [3.8, 4) is 23.0 Å². The maximum absolute atomic E-state index is 5.98. The van der Waals surface area contributed by atoms with Crippen LogP contribution in [0.5, 0.6) is 23.0 Å². The summed E-state index contributed by atoms with van der Waals surface area (Å²) in [5.41, 5.74) is 6.67. The molecule has 0 saturated carbocycles. The summed E-state index contributed by atoms with van der Waals surface area (Å²) in [7, 11) is 6.88. The molecule has 0 bridgehead atoms. The molecule has 1 aliphatic heterocycles. The third-order valence-electron chi connectivity index (χ3n) is 7.03. The Kier molecular flexibility index (Phi) is 7.46. The van der Waals surface area contributed by atoms with Crippen molar-refractivity contribution < 1.29 is 18.9 Å². The molecule has 1 atom stereocenters. The minimum atomic E-state index is -0.0915. The van der Waals surface area contributed by atoms with Gasteiger partial charge in [-0.1, -0.05) is 24.3 Å². The lowest BCUT2D eigenvalue weighted by atomic mass is 9.80. The Balaban J connectivity index is 1.82. The van der Waals surface area contributed by atoms with Gasteiger partial charge in [0.05, 0.1) is 28.4 Å². The second-order valence-corrected chi connectivity index (χ2v) is 10.1. The molecule has 0 fully saturated rings. The van der Waals surface area contributed by atoms with Crippen LogP contribution < -0.4 is 23.8 Å². The molecule has 1 unspecified atom stereocenters. The molecule has 1 heterocycles. The minimum Gasteiger partial charge on any atom is -0.496 e. The van der Waals surface area contributed by atoms with Gasteiger partial charge in [0.15, 0.2) is 0 Å². The molecule has 4 aromatic rings. The molecule has 0 aliphatic carbocycles. The number of fused-ring (bicyclic) bond motifs is 2. The molecule has 0 saturated heterocycles. The van der Waals surface area contributed by atoms with Gasteiger partial charge in [0, 0.05) is 44.1 Å². The van der Waals surface area contributed by atoms with Gasteiger partial charge in [-0.2, -0.15) is 0 Å². The Labute approximate surface area is 232 Å². The highest BCUT2D eigenvalue weighted by Crippen LogP contribution is 2.49. The molecular weight excluding hydrogens is 577 g/mol. The van der Waals surface area contributed by atoms with E-state index in [0.29, 0.717) is 13.0 Å². The SMILES string of the molecule is COc1cccc2c1CC(c1c(OC)cccc1OC)c1c(cccc1OC)CN2c1ccc(I)cc1. The third-order valence-corrected chi connectivity index (χ3v) is 7.75. The number of benzene rings is 4. The van der Waals surface area contributed by atoms with E-state index in [0.717, 1.165) is 51.1 Å². The topological polar surface area (TPSA) is 40.2 Å². The predicted molar refractivity (Wildman–Crippen MR) is 156 cm³/mol. The molecule has 190 valence electrons. The standard InChI is InChI=1S/C31H30INO4/c1-34-26-10-6-9-25-23(26)18-24(31-28(36-3)12-7-13-29(31)37-4)30-20(8-5-11-27(30)35-2)19-33(25)22-16-14-21(32)15-17-22/h5-17,24H,18-19H2,1-4H3. The summed E-state index contributed by atoms with van der Waals surface area (Å²) in [4.78, 5) is 2.36. The molecule has 0 N–H and O–H groups in total. The second kappa shape index (κ2) is 10.9. The van der Waals surface area contributed by atoms with Crippen molar-refractivity contribution in [1.82, 2.24) is 0 Å². The second-order valence-electron chi connectivity index (χ2n) is 8.89. The summed E-state index contributed by atoms with van der Waals surface area (Å²) < 4.78 is 24.9. The van der Waals surface area contributed by atoms with Crippen LogP contribution in [0.15, 0.2) is 78.9 Å². The number of methoxy groups -OCH3 is 4. The Morgan fingerprint density at radius 3 is 1.81 bits per heavy atom. The van der Waals surface area contributed by atoms with Gasteiger partial charge >= 0.3 is 0 Å². The Hall–Kier alpha value is -3.39. The van der Waals surface area contributed by atoms with Crippen molar-refractivity contribution in [1.29, 1.82) is 0 Å². The molecule has 4 aromatic carbocycles. The van der Waals surface area contributed by atoms with E-state index in [1.165, 1.54) is 9.13 Å². The van der Waals surface area contributed by atoms with E-state index in [1.807, 2.05) is 30.3 Å². The summed E-state index contributed by atoms with van der Waals surface area (Å²) in [6.07, 6.45) is 0.671. The van der Waals surface area contributed by atoms with Crippen LogP contribution in [0.2, 0.25) is 0 Å². The van der Waals surface area contributed by atoms with Crippen molar-refractivity contribution in [2.24, 2.45) is 0 Å². The van der Waals surface area contributed by atoms with Crippen molar-refractivity contribution in [2.75, 3.05) is 33.3 Å². The monoisotopic (exact) mass is 607 g/mol. The molecule has 5 nitrogen and oxygen atoms in total. The fourth-order valence-electron chi connectivity index (χ4n) is 5.39. The van der Waals surface area contributed by atoms with Gasteiger partial charge in [-0.15, -0.1) is 0 Å². The van der Waals surface area contributed by atoms with Gasteiger partial charge in [0.25, 0.3) is 0 Å². The zero-order valence-electron chi connectivity index (χ0n) is 21.5. The predicted octanol–water partition coefficient (Wildman–Crippen LogP) is 7.35. The van der Waals surface area contributed by atoms with Crippen molar-refractivity contribution in [2.45, 2.75) is 18.9 Å². The number of hydrogen-bond acceptors (Lipinski definition) is 5. The number of halogens is 1. The van der Waals surface area contributed by atoms with E-state index < -0.39 is 0 Å². The Morgan fingerprint density at radius 1 is 0.649 bits per heavy atom. The summed E-state index contributed by atoms with van der Waals surface area (Å²) >= 11 is 2.35. The molecular formula is C31H30INO4. The van der Waals surface area contributed by atoms with Crippen LogP contribution in [0.1, 0.15) is 28.2 Å². The summed E-state index contributed by atoms with van der Waals surface area (Å²) in [6, 6.07) is 27.1. The number of anilines is 2. The molecule has 0 spiro atoms. The van der Waals surface area contributed by atoms with Gasteiger partial charge in [0.2, 0.25) is 0 Å². The molecule has 5 rings (SSSR count). The first-order valence-corrected chi connectivity index (χ1v) is 13.2. The molecule has 0 aromatic heterocycles. The van der Waals surface area contributed by atoms with Crippen LogP contribution in [0.3, 0.4) is 0 Å². The third kappa shape index (κ3) is 4.70. The van der Waals surface area contributed by atoms with Gasteiger partial charge in [-0.25, -0.2) is 0 Å². The minimum absolute atomic E-state index is 0.0915. The maximum Gasteiger partial charge on any atom is 0.126 e. The zero-order chi connectivity index (χ0) is 25.9. The molecule has 0 amide bonds. The van der Waals surface area contributed by atoms with Crippen molar-refractivity contribution >= 4 is 34.0 Å². The summed E-state index contributed by atoms with van der Waals surface area (Å²) in [5.74, 6) is 3.17. The lowest BCUT2D eigenvalue weighted by Gasteiger charge is -2.35. The highest BCUT2D eigenvalue weighted by Gasteiger charge is 2.33. The Morgan fingerprint density at radius 2 is 1.19 bits per heavy atom. The average Bonchev–Trinajstić information content (AvgIpc) is 2.93. The number of nitrogens with zero attached hydrogens (tertiary/aromatic N) is 1. The fourth-order valence-corrected chi connectivity index (χ4v) is 5.75. The van der Waals surface area contributed by atoms with E-state index in [2.05, 4.69) is 76.0 Å². The highest BCUT2D eigenvalue weighted by atomic mass is 127. The van der Waals surface area contributed by atoms with Crippen LogP contribution in [-0.4, -0.2) is 28.4 Å². The number of rotatable bonds is 6. The first-order valence-electron chi connectivity index (χ1n) is 12.1. The van der Waals surface area contributed by atoms with Gasteiger partial charge in [0.1, 0.15) is 23.0 Å². The van der Waals surface area contributed by atoms with E-state index >= 15 is 0 Å². The normalized spacial score (nSPS) is 14.6. The highest BCUT2D eigenvalue weighted by molar-refractivity contribution is 14.1. The summed E-state index contributed by atoms with van der Waals surface area (Å²) in [5, 5.41) is 0. The number of hydrogen-bond donors (Lipinski definition) is 0. The average molecular weight is 607 g/mol. The lowest BCUT2D eigenvalue weighted by Crippen LogP contribution is -2.24. The smallest absolute Gasteiger partial charge is 0.126 e. The molecule has 6 heteroatoms. The van der Waals surface area contributed by atoms with E-state index in [1.54, 1.807) is 28.4 Å². The lowest BCUT2D eigenvalue weighted by molar-refractivity contribution is 0.376. The van der Waals surface area contributed by atoms with Crippen LogP contribution in [0, 0.1) is 3.57 Å². The molecule has 37 heavy (non-hydrogen) atoms. The van der Waals surface area contributed by atoms with E-state index in [-0.39, 0.29) is 5.92 Å². The largest absolute Gasteiger partial charge is 0.496 e. The first-order chi connectivity index (χ1) is 18.1. The van der Waals surface area contributed by atoms with E-state index in [4.69, 9.17) is 18.9 Å². The zero-order valence-corrected chi connectivity index (χ0v) is 23.6. The number of ether oxygens (including phenoxy) is 4. The van der Waals surface area contributed by atoms with Crippen LogP contribution >= 0.6 is 22.6 Å². The van der Waals surface area contributed by atoms with Crippen molar-refractivity contribution in [3.05, 3.63) is 105 Å². The summed E-state index contributed by atoms with van der Waals surface area (Å²) in [6.45, 7) is 0.668. The molecule has 1 aliphatic rings.